The van der Waals surface area contributed by atoms with Crippen LogP contribution in [0, 0.1) is 0 Å². The number of halogens is 1. The number of ether oxygens (including phenoxy) is 2. The van der Waals surface area contributed by atoms with Crippen molar-refractivity contribution in [2.24, 2.45) is 0 Å². The highest BCUT2D eigenvalue weighted by Crippen LogP contribution is 2.25. The molecule has 186 valence electrons. The summed E-state index contributed by atoms with van der Waals surface area (Å²) in [5.74, 6) is 0.228. The zero-order valence-corrected chi connectivity index (χ0v) is 21.1. The van der Waals surface area contributed by atoms with Gasteiger partial charge in [0.1, 0.15) is 5.75 Å². The second-order valence-electron chi connectivity index (χ2n) is 9.13. The molecular weight excluding hydrogens is 452 g/mol. The van der Waals surface area contributed by atoms with Gasteiger partial charge in [0.2, 0.25) is 0 Å². The third kappa shape index (κ3) is 7.70. The van der Waals surface area contributed by atoms with Gasteiger partial charge >= 0.3 is 5.97 Å². The molecular formula is C27H37ClN2O4. The molecule has 7 heteroatoms. The Hall–Kier alpha value is -2.12. The van der Waals surface area contributed by atoms with Crippen molar-refractivity contribution >= 4 is 17.6 Å². The lowest BCUT2D eigenvalue weighted by Crippen LogP contribution is -2.54. The van der Waals surface area contributed by atoms with Crippen molar-refractivity contribution in [3.63, 3.8) is 0 Å². The van der Waals surface area contributed by atoms with E-state index in [1.807, 2.05) is 48.5 Å². The molecule has 1 fully saturated rings. The molecule has 2 aromatic rings. The standard InChI is InChI=1S/C27H37ClN2O4/c1-19(15-21-10-12-24(13-11-21)34-18-27(32)33-3)30(20(2)25-9-4-5-14-29-25)17-26(31)22-7-6-8-23(28)16-22/h6-8,10-13,16,19-20,25-26,29,31H,4-5,9,14-15,17-18H2,1-3H3. The topological polar surface area (TPSA) is 71.0 Å². The fraction of sp³-hybridized carbons (Fsp3) is 0.519. The first-order valence-corrected chi connectivity index (χ1v) is 12.5. The van der Waals surface area contributed by atoms with Crippen LogP contribution in [0.25, 0.3) is 0 Å². The van der Waals surface area contributed by atoms with Gasteiger partial charge in [0.05, 0.1) is 13.2 Å². The van der Waals surface area contributed by atoms with E-state index in [9.17, 15) is 9.90 Å². The number of methoxy groups -OCH3 is 1. The van der Waals surface area contributed by atoms with Crippen LogP contribution in [0.3, 0.4) is 0 Å². The van der Waals surface area contributed by atoms with Gasteiger partial charge in [-0.2, -0.15) is 0 Å². The summed E-state index contributed by atoms with van der Waals surface area (Å²) in [6.07, 6.45) is 3.80. The van der Waals surface area contributed by atoms with Gasteiger partial charge in [-0.05, 0) is 75.0 Å². The molecule has 1 aliphatic heterocycles. The Morgan fingerprint density at radius 2 is 1.97 bits per heavy atom. The number of aliphatic hydroxyl groups excluding tert-OH is 1. The summed E-state index contributed by atoms with van der Waals surface area (Å²) in [6, 6.07) is 16.1. The molecule has 0 radical (unpaired) electrons. The molecule has 4 atom stereocenters. The number of hydrogen-bond acceptors (Lipinski definition) is 6. The molecule has 6 nitrogen and oxygen atoms in total. The van der Waals surface area contributed by atoms with Gasteiger partial charge in [-0.1, -0.05) is 42.3 Å². The molecule has 0 saturated carbocycles. The number of carbonyl (C=O) groups is 1. The van der Waals surface area contributed by atoms with Gasteiger partial charge in [-0.25, -0.2) is 4.79 Å². The normalized spacial score (nSPS) is 18.8. The van der Waals surface area contributed by atoms with Gasteiger partial charge in [-0.3, -0.25) is 4.90 Å². The fourth-order valence-corrected chi connectivity index (χ4v) is 4.87. The molecule has 3 rings (SSSR count). The maximum atomic E-state index is 11.3. The number of aliphatic hydroxyl groups is 1. The lowest BCUT2D eigenvalue weighted by molar-refractivity contribution is -0.142. The minimum atomic E-state index is -0.624. The summed E-state index contributed by atoms with van der Waals surface area (Å²) < 4.78 is 10.1. The molecule has 2 aromatic carbocycles. The molecule has 34 heavy (non-hydrogen) atoms. The van der Waals surface area contributed by atoms with E-state index < -0.39 is 12.1 Å². The second-order valence-corrected chi connectivity index (χ2v) is 9.56. The smallest absolute Gasteiger partial charge is 0.343 e. The number of benzene rings is 2. The predicted octanol–water partition coefficient (Wildman–Crippen LogP) is 4.39. The number of rotatable bonds is 11. The molecule has 0 aromatic heterocycles. The molecule has 1 saturated heterocycles. The van der Waals surface area contributed by atoms with Crippen molar-refractivity contribution in [1.82, 2.24) is 10.2 Å². The van der Waals surface area contributed by atoms with Gasteiger partial charge in [0.25, 0.3) is 0 Å². The highest BCUT2D eigenvalue weighted by Gasteiger charge is 2.30. The average molecular weight is 489 g/mol. The second kappa shape index (κ2) is 13.1. The Labute approximate surface area is 208 Å². The highest BCUT2D eigenvalue weighted by atomic mass is 35.5. The van der Waals surface area contributed by atoms with Crippen LogP contribution < -0.4 is 10.1 Å². The number of esters is 1. The summed E-state index contributed by atoms with van der Waals surface area (Å²) in [4.78, 5) is 13.7. The van der Waals surface area contributed by atoms with Crippen molar-refractivity contribution in [3.8, 4) is 5.75 Å². The molecule has 1 aliphatic rings. The first kappa shape index (κ1) is 26.5. The van der Waals surface area contributed by atoms with E-state index in [2.05, 4.69) is 28.8 Å². The fourth-order valence-electron chi connectivity index (χ4n) is 4.67. The minimum Gasteiger partial charge on any atom is -0.482 e. The van der Waals surface area contributed by atoms with E-state index in [4.69, 9.17) is 16.3 Å². The Bertz CT molecular complexity index is 902. The quantitative estimate of drug-likeness (QED) is 0.457. The zero-order valence-electron chi connectivity index (χ0n) is 20.4. The van der Waals surface area contributed by atoms with E-state index in [0.717, 1.165) is 24.9 Å². The van der Waals surface area contributed by atoms with Crippen LogP contribution in [0.15, 0.2) is 48.5 Å². The van der Waals surface area contributed by atoms with Crippen molar-refractivity contribution in [2.45, 2.75) is 63.8 Å². The van der Waals surface area contributed by atoms with Gasteiger partial charge in [0, 0.05) is 29.7 Å². The van der Waals surface area contributed by atoms with Gasteiger partial charge < -0.3 is 19.9 Å². The number of carbonyl (C=O) groups excluding carboxylic acids is 1. The Balaban J connectivity index is 1.70. The largest absolute Gasteiger partial charge is 0.482 e. The van der Waals surface area contributed by atoms with E-state index in [1.54, 1.807) is 0 Å². The molecule has 0 bridgehead atoms. The number of nitrogens with zero attached hydrogens (tertiary/aromatic N) is 1. The van der Waals surface area contributed by atoms with E-state index in [0.29, 0.717) is 23.4 Å². The maximum absolute atomic E-state index is 11.3. The molecule has 2 N–H and O–H groups in total. The molecule has 4 unspecified atom stereocenters. The number of piperidine rings is 1. The first-order chi connectivity index (χ1) is 16.4. The van der Waals surface area contributed by atoms with Crippen LogP contribution in [0.5, 0.6) is 5.75 Å². The number of hydrogen-bond donors (Lipinski definition) is 2. The average Bonchev–Trinajstić information content (AvgIpc) is 2.86. The van der Waals surface area contributed by atoms with Crippen LogP contribution >= 0.6 is 11.6 Å². The summed E-state index contributed by atoms with van der Waals surface area (Å²) in [7, 11) is 1.34. The third-order valence-electron chi connectivity index (χ3n) is 6.68. The molecule has 1 heterocycles. The Kier molecular flexibility index (Phi) is 10.2. The number of nitrogens with one attached hydrogen (secondary N) is 1. The Morgan fingerprint density at radius 1 is 1.21 bits per heavy atom. The SMILES string of the molecule is COC(=O)COc1ccc(CC(C)N(CC(O)c2cccc(Cl)c2)C(C)C2CCCCN2)cc1. The van der Waals surface area contributed by atoms with E-state index in [1.165, 1.54) is 25.5 Å². The lowest BCUT2D eigenvalue weighted by atomic mass is 9.94. The van der Waals surface area contributed by atoms with Crippen LogP contribution in [0.1, 0.15) is 50.3 Å². The van der Waals surface area contributed by atoms with Crippen LogP contribution in [0.4, 0.5) is 0 Å². The maximum Gasteiger partial charge on any atom is 0.343 e. The summed E-state index contributed by atoms with van der Waals surface area (Å²) in [6.45, 7) is 5.94. The Morgan fingerprint density at radius 3 is 2.62 bits per heavy atom. The third-order valence-corrected chi connectivity index (χ3v) is 6.91. The van der Waals surface area contributed by atoms with Crippen LogP contribution in [-0.2, 0) is 16.0 Å². The molecule has 0 spiro atoms. The summed E-state index contributed by atoms with van der Waals surface area (Å²) >= 11 is 6.17. The summed E-state index contributed by atoms with van der Waals surface area (Å²) in [5.41, 5.74) is 2.00. The van der Waals surface area contributed by atoms with Crippen LogP contribution in [-0.4, -0.2) is 60.9 Å². The van der Waals surface area contributed by atoms with Crippen molar-refractivity contribution in [3.05, 3.63) is 64.7 Å². The summed E-state index contributed by atoms with van der Waals surface area (Å²) in [5, 5.41) is 15.4. The first-order valence-electron chi connectivity index (χ1n) is 12.1. The monoisotopic (exact) mass is 488 g/mol. The van der Waals surface area contributed by atoms with Gasteiger partial charge in [0.15, 0.2) is 6.61 Å². The highest BCUT2D eigenvalue weighted by molar-refractivity contribution is 6.30. The minimum absolute atomic E-state index is 0.104. The molecule has 0 aliphatic carbocycles. The van der Waals surface area contributed by atoms with Crippen molar-refractivity contribution in [2.75, 3.05) is 26.8 Å². The predicted molar refractivity (Wildman–Crippen MR) is 135 cm³/mol. The molecule has 0 amide bonds. The lowest BCUT2D eigenvalue weighted by Gasteiger charge is -2.41. The van der Waals surface area contributed by atoms with Crippen LogP contribution in [0.2, 0.25) is 5.02 Å². The van der Waals surface area contributed by atoms with E-state index in [-0.39, 0.29) is 18.7 Å². The zero-order chi connectivity index (χ0) is 24.5. The van der Waals surface area contributed by atoms with Crippen molar-refractivity contribution < 1.29 is 19.4 Å². The van der Waals surface area contributed by atoms with Gasteiger partial charge in [-0.15, -0.1) is 0 Å². The van der Waals surface area contributed by atoms with E-state index >= 15 is 0 Å². The van der Waals surface area contributed by atoms with Crippen molar-refractivity contribution in [1.29, 1.82) is 0 Å².